The zero-order chi connectivity index (χ0) is 17.4. The number of nitrogens with one attached hydrogen (secondary N) is 3. The van der Waals surface area contributed by atoms with Gasteiger partial charge in [-0.1, -0.05) is 0 Å². The summed E-state index contributed by atoms with van der Waals surface area (Å²) in [4.78, 5) is 1.74. The van der Waals surface area contributed by atoms with E-state index in [9.17, 15) is 25.3 Å². The van der Waals surface area contributed by atoms with Crippen LogP contribution in [0.4, 0.5) is 0 Å². The molecule has 0 spiro atoms. The first-order valence-corrected chi connectivity index (χ1v) is 12.0. The minimum atomic E-state index is -3.31. The Morgan fingerprint density at radius 3 is 1.00 bits per heavy atom. The van der Waals surface area contributed by atoms with Crippen molar-refractivity contribution in [2.24, 2.45) is 0 Å². The van der Waals surface area contributed by atoms with E-state index in [-0.39, 0.29) is 19.6 Å². The van der Waals surface area contributed by atoms with Crippen molar-refractivity contribution in [3.05, 3.63) is 0 Å². The third-order valence-electron chi connectivity index (χ3n) is 2.38. The SMILES string of the molecule is CS(=O)(=O)NCCN(CCNS(C)(=O)=O)CCNS(C)(=O)=O. The normalized spacial score (nSPS) is 13.6. The van der Waals surface area contributed by atoms with Crippen LogP contribution in [0.3, 0.4) is 0 Å². The summed E-state index contributed by atoms with van der Waals surface area (Å²) < 4.78 is 72.9. The van der Waals surface area contributed by atoms with Gasteiger partial charge < -0.3 is 0 Å². The van der Waals surface area contributed by atoms with Crippen molar-refractivity contribution in [1.29, 1.82) is 0 Å². The van der Waals surface area contributed by atoms with Crippen molar-refractivity contribution in [1.82, 2.24) is 19.1 Å². The van der Waals surface area contributed by atoms with Gasteiger partial charge in [0.25, 0.3) is 0 Å². The Labute approximate surface area is 132 Å². The molecule has 0 atom stereocenters. The average molecular weight is 381 g/mol. The zero-order valence-electron chi connectivity index (χ0n) is 12.9. The molecule has 0 aliphatic rings. The average Bonchev–Trinajstić information content (AvgIpc) is 2.23. The highest BCUT2D eigenvalue weighted by Gasteiger charge is 2.09. The van der Waals surface area contributed by atoms with E-state index in [1.165, 1.54) is 0 Å². The van der Waals surface area contributed by atoms with Crippen LogP contribution in [-0.4, -0.2) is 88.2 Å². The maximum atomic E-state index is 11.0. The topological polar surface area (TPSA) is 142 Å². The highest BCUT2D eigenvalue weighted by atomic mass is 32.2. The first-order chi connectivity index (χ1) is 9.79. The van der Waals surface area contributed by atoms with Gasteiger partial charge in [0, 0.05) is 39.3 Å². The van der Waals surface area contributed by atoms with Gasteiger partial charge >= 0.3 is 0 Å². The molecule has 0 bridgehead atoms. The summed E-state index contributed by atoms with van der Waals surface area (Å²) in [5.41, 5.74) is 0. The minimum Gasteiger partial charge on any atom is -0.299 e. The fourth-order valence-electron chi connectivity index (χ4n) is 1.50. The lowest BCUT2D eigenvalue weighted by molar-refractivity contribution is 0.287. The molecular formula is C9H24N4O6S3. The van der Waals surface area contributed by atoms with E-state index < -0.39 is 30.1 Å². The molecule has 22 heavy (non-hydrogen) atoms. The van der Waals surface area contributed by atoms with E-state index >= 15 is 0 Å². The molecule has 0 radical (unpaired) electrons. The maximum absolute atomic E-state index is 11.0. The Morgan fingerprint density at radius 2 is 0.818 bits per heavy atom. The molecule has 10 nitrogen and oxygen atoms in total. The van der Waals surface area contributed by atoms with Crippen LogP contribution in [-0.2, 0) is 30.1 Å². The van der Waals surface area contributed by atoms with Gasteiger partial charge in [-0.3, -0.25) is 4.90 Å². The molecule has 134 valence electrons. The van der Waals surface area contributed by atoms with Gasteiger partial charge in [0.05, 0.1) is 18.8 Å². The van der Waals surface area contributed by atoms with E-state index in [4.69, 9.17) is 0 Å². The van der Waals surface area contributed by atoms with Gasteiger partial charge in [-0.25, -0.2) is 39.4 Å². The molecule has 0 saturated carbocycles. The van der Waals surface area contributed by atoms with Crippen LogP contribution in [0.15, 0.2) is 0 Å². The van der Waals surface area contributed by atoms with E-state index in [2.05, 4.69) is 14.2 Å². The van der Waals surface area contributed by atoms with E-state index in [1.54, 1.807) is 4.90 Å². The third-order valence-corrected chi connectivity index (χ3v) is 4.56. The largest absolute Gasteiger partial charge is 0.299 e. The van der Waals surface area contributed by atoms with Crippen LogP contribution in [0.25, 0.3) is 0 Å². The lowest BCUT2D eigenvalue weighted by Gasteiger charge is -2.22. The maximum Gasteiger partial charge on any atom is 0.208 e. The van der Waals surface area contributed by atoms with Gasteiger partial charge in [-0.2, -0.15) is 0 Å². The molecule has 0 aromatic heterocycles. The molecule has 0 aromatic rings. The smallest absolute Gasteiger partial charge is 0.208 e. The first-order valence-electron chi connectivity index (χ1n) is 6.35. The predicted octanol–water partition coefficient (Wildman–Crippen LogP) is -3.06. The van der Waals surface area contributed by atoms with Crippen LogP contribution >= 0.6 is 0 Å². The Kier molecular flexibility index (Phi) is 8.97. The molecule has 0 aromatic carbocycles. The minimum absolute atomic E-state index is 0.149. The quantitative estimate of drug-likeness (QED) is 0.326. The molecule has 0 aliphatic heterocycles. The van der Waals surface area contributed by atoms with Gasteiger partial charge in [0.15, 0.2) is 0 Å². The van der Waals surface area contributed by atoms with Gasteiger partial charge in [-0.15, -0.1) is 0 Å². The van der Waals surface area contributed by atoms with Crippen LogP contribution < -0.4 is 14.2 Å². The standard InChI is InChI=1S/C9H24N4O6S3/c1-20(14,15)10-4-7-13(8-5-11-21(2,16)17)9-6-12-22(3,18)19/h10-12H,4-9H2,1-3H3. The van der Waals surface area contributed by atoms with Crippen molar-refractivity contribution >= 4 is 30.1 Å². The van der Waals surface area contributed by atoms with E-state index in [0.29, 0.717) is 19.6 Å². The molecule has 0 fully saturated rings. The van der Waals surface area contributed by atoms with Crippen molar-refractivity contribution in [3.8, 4) is 0 Å². The second kappa shape index (κ2) is 9.10. The van der Waals surface area contributed by atoms with Crippen LogP contribution in [0.1, 0.15) is 0 Å². The molecule has 13 heteroatoms. The first kappa shape index (κ1) is 21.7. The molecule has 0 heterocycles. The second-order valence-corrected chi connectivity index (χ2v) is 10.3. The Morgan fingerprint density at radius 1 is 0.591 bits per heavy atom. The van der Waals surface area contributed by atoms with Crippen LogP contribution in [0.2, 0.25) is 0 Å². The third kappa shape index (κ3) is 16.1. The fourth-order valence-corrected chi connectivity index (χ4v) is 2.89. The van der Waals surface area contributed by atoms with Crippen molar-refractivity contribution < 1.29 is 25.3 Å². The monoisotopic (exact) mass is 380 g/mol. The van der Waals surface area contributed by atoms with Gasteiger partial charge in [0.2, 0.25) is 30.1 Å². The predicted molar refractivity (Wildman–Crippen MR) is 85.0 cm³/mol. The molecule has 0 aliphatic carbocycles. The van der Waals surface area contributed by atoms with Crippen LogP contribution in [0, 0.1) is 0 Å². The molecular weight excluding hydrogens is 356 g/mol. The Hall–Kier alpha value is -0.310. The number of nitrogens with zero attached hydrogens (tertiary/aromatic N) is 1. The molecule has 0 unspecified atom stereocenters. The summed E-state index contributed by atoms with van der Waals surface area (Å²) in [5, 5.41) is 0. The summed E-state index contributed by atoms with van der Waals surface area (Å²) >= 11 is 0. The Balaban J connectivity index is 4.35. The summed E-state index contributed by atoms with van der Waals surface area (Å²) in [7, 11) is -9.92. The highest BCUT2D eigenvalue weighted by Crippen LogP contribution is 1.88. The lowest BCUT2D eigenvalue weighted by Crippen LogP contribution is -2.42. The van der Waals surface area contributed by atoms with E-state index in [1.807, 2.05) is 0 Å². The molecule has 0 saturated heterocycles. The lowest BCUT2D eigenvalue weighted by atomic mass is 10.4. The number of hydrogen-bond acceptors (Lipinski definition) is 7. The number of hydrogen-bond donors (Lipinski definition) is 3. The Bertz CT molecular complexity index is 538. The second-order valence-electron chi connectivity index (χ2n) is 4.84. The fraction of sp³-hybridized carbons (Fsp3) is 1.00. The summed E-state index contributed by atoms with van der Waals surface area (Å²) in [6.45, 7) is 1.42. The number of sulfonamides is 3. The van der Waals surface area contributed by atoms with E-state index in [0.717, 1.165) is 18.8 Å². The van der Waals surface area contributed by atoms with Crippen molar-refractivity contribution in [3.63, 3.8) is 0 Å². The molecule has 0 amide bonds. The van der Waals surface area contributed by atoms with Gasteiger partial charge in [-0.05, 0) is 0 Å². The molecule has 0 rings (SSSR count). The summed E-state index contributed by atoms with van der Waals surface area (Å²) in [6, 6.07) is 0. The van der Waals surface area contributed by atoms with Crippen LogP contribution in [0.5, 0.6) is 0 Å². The number of rotatable bonds is 12. The summed E-state index contributed by atoms with van der Waals surface area (Å²) in [6.07, 6.45) is 3.11. The molecule has 3 N–H and O–H groups in total. The van der Waals surface area contributed by atoms with Gasteiger partial charge in [0.1, 0.15) is 0 Å². The van der Waals surface area contributed by atoms with Crippen molar-refractivity contribution in [2.45, 2.75) is 0 Å². The van der Waals surface area contributed by atoms with Crippen molar-refractivity contribution in [2.75, 3.05) is 58.0 Å². The summed E-state index contributed by atoms with van der Waals surface area (Å²) in [5.74, 6) is 0. The zero-order valence-corrected chi connectivity index (χ0v) is 15.3. The highest BCUT2D eigenvalue weighted by molar-refractivity contribution is 7.89.